The lowest BCUT2D eigenvalue weighted by molar-refractivity contribution is 0.102. The molecule has 0 amide bonds. The minimum Gasteiger partial charge on any atom is -0.349 e. The number of nitrogens with zero attached hydrogens (tertiary/aromatic N) is 5. The summed E-state index contributed by atoms with van der Waals surface area (Å²) in [6, 6.07) is 9.20. The Morgan fingerprint density at radius 1 is 1.12 bits per heavy atom. The van der Waals surface area contributed by atoms with Crippen LogP contribution >= 0.6 is 11.8 Å². The summed E-state index contributed by atoms with van der Waals surface area (Å²) in [7, 11) is -1.74. The van der Waals surface area contributed by atoms with Crippen LogP contribution in [0, 0.1) is 20.8 Å². The molecule has 0 saturated carbocycles. The number of aryl methyl sites for hydroxylation is 2. The van der Waals surface area contributed by atoms with Gasteiger partial charge in [0.05, 0.1) is 24.2 Å². The zero-order valence-corrected chi connectivity index (χ0v) is 20.9. The maximum atomic E-state index is 12.8. The monoisotopic (exact) mass is 475 g/mol. The van der Waals surface area contributed by atoms with Gasteiger partial charge in [-0.2, -0.15) is 0 Å². The summed E-state index contributed by atoms with van der Waals surface area (Å²) >= 11 is 1.30. The molecule has 2 heterocycles. The number of anilines is 1. The lowest BCUT2D eigenvalue weighted by Gasteiger charge is -2.22. The Bertz CT molecular complexity index is 1230. The van der Waals surface area contributed by atoms with Gasteiger partial charge in [0.15, 0.2) is 16.8 Å². The van der Waals surface area contributed by atoms with Crippen LogP contribution in [0.2, 0.25) is 0 Å². The molecule has 0 saturated heterocycles. The minimum absolute atomic E-state index is 0.0322. The Morgan fingerprint density at radius 2 is 1.78 bits per heavy atom. The average molecular weight is 476 g/mol. The topological polar surface area (TPSA) is 90.1 Å². The first-order chi connectivity index (χ1) is 15.0. The van der Waals surface area contributed by atoms with Gasteiger partial charge in [-0.25, -0.2) is 8.42 Å². The predicted molar refractivity (Wildman–Crippen MR) is 128 cm³/mol. The molecule has 32 heavy (non-hydrogen) atoms. The van der Waals surface area contributed by atoms with E-state index < -0.39 is 10.0 Å². The Morgan fingerprint density at radius 3 is 2.34 bits per heavy atom. The molecule has 0 radical (unpaired) electrons. The maximum absolute atomic E-state index is 12.8. The summed E-state index contributed by atoms with van der Waals surface area (Å²) in [5, 5.41) is 8.93. The first kappa shape index (κ1) is 24.1. The standard InChI is InChI=1S/C22H29N5O3S2/c1-7-26-16(3)12-19(17(26)4)20(28)14-31-22-24-23-21(25(22)5)13-27(32(6,29)30)18-10-8-15(2)9-11-18/h8-12H,7,13-14H2,1-6H3. The van der Waals surface area contributed by atoms with Crippen molar-refractivity contribution >= 4 is 33.3 Å². The summed E-state index contributed by atoms with van der Waals surface area (Å²) in [6.45, 7) is 8.83. The molecule has 0 fully saturated rings. The van der Waals surface area contributed by atoms with Crippen LogP contribution in [-0.2, 0) is 30.2 Å². The highest BCUT2D eigenvalue weighted by molar-refractivity contribution is 7.99. The van der Waals surface area contributed by atoms with Gasteiger partial charge in [0, 0.05) is 30.5 Å². The van der Waals surface area contributed by atoms with Gasteiger partial charge in [-0.1, -0.05) is 29.5 Å². The van der Waals surface area contributed by atoms with Crippen LogP contribution < -0.4 is 4.31 Å². The molecule has 0 atom stereocenters. The van der Waals surface area contributed by atoms with Gasteiger partial charge in [0.1, 0.15) is 0 Å². The van der Waals surface area contributed by atoms with Gasteiger partial charge in [-0.15, -0.1) is 10.2 Å². The first-order valence-electron chi connectivity index (χ1n) is 10.3. The van der Waals surface area contributed by atoms with Crippen molar-refractivity contribution in [3.05, 3.63) is 58.7 Å². The number of benzene rings is 1. The third kappa shape index (κ3) is 5.07. The van der Waals surface area contributed by atoms with E-state index in [-0.39, 0.29) is 18.1 Å². The average Bonchev–Trinajstić information content (AvgIpc) is 3.22. The summed E-state index contributed by atoms with van der Waals surface area (Å²) in [5.74, 6) is 0.758. The van der Waals surface area contributed by atoms with E-state index in [1.807, 2.05) is 39.0 Å². The van der Waals surface area contributed by atoms with Crippen LogP contribution in [0.25, 0.3) is 0 Å². The highest BCUT2D eigenvalue weighted by Gasteiger charge is 2.22. The Balaban J connectivity index is 1.76. The molecule has 0 aliphatic heterocycles. The molecule has 3 rings (SSSR count). The van der Waals surface area contributed by atoms with E-state index in [1.54, 1.807) is 23.7 Å². The fourth-order valence-electron chi connectivity index (χ4n) is 3.63. The number of carbonyl (C=O) groups excluding carboxylic acids is 1. The molecule has 0 aliphatic rings. The molecule has 0 spiro atoms. The highest BCUT2D eigenvalue weighted by atomic mass is 32.2. The van der Waals surface area contributed by atoms with Crippen LogP contribution in [0.3, 0.4) is 0 Å². The van der Waals surface area contributed by atoms with Crippen molar-refractivity contribution in [2.45, 2.75) is 45.9 Å². The van der Waals surface area contributed by atoms with Crippen LogP contribution in [-0.4, -0.2) is 45.5 Å². The molecule has 0 aliphatic carbocycles. The summed E-state index contributed by atoms with van der Waals surface area (Å²) in [6.07, 6.45) is 1.17. The summed E-state index contributed by atoms with van der Waals surface area (Å²) in [5.41, 5.74) is 4.37. The van der Waals surface area contributed by atoms with Gasteiger partial charge in [-0.05, 0) is 45.9 Å². The molecule has 172 valence electrons. The second-order valence-electron chi connectivity index (χ2n) is 7.80. The second-order valence-corrected chi connectivity index (χ2v) is 10.7. The third-order valence-corrected chi connectivity index (χ3v) is 7.62. The number of aromatic nitrogens is 4. The molecule has 0 unspecified atom stereocenters. The summed E-state index contributed by atoms with van der Waals surface area (Å²) in [4.78, 5) is 12.8. The van der Waals surface area contributed by atoms with Crippen LogP contribution in [0.5, 0.6) is 0 Å². The van der Waals surface area contributed by atoms with Crippen molar-refractivity contribution in [1.82, 2.24) is 19.3 Å². The Hall–Kier alpha value is -2.59. The lowest BCUT2D eigenvalue weighted by atomic mass is 10.2. The number of rotatable bonds is 9. The molecule has 2 aromatic heterocycles. The van der Waals surface area contributed by atoms with E-state index in [4.69, 9.17) is 0 Å². The fraction of sp³-hybridized carbons (Fsp3) is 0.409. The van der Waals surface area contributed by atoms with E-state index in [2.05, 4.69) is 21.7 Å². The smallest absolute Gasteiger partial charge is 0.232 e. The van der Waals surface area contributed by atoms with Crippen molar-refractivity contribution in [3.8, 4) is 0 Å². The SMILES string of the molecule is CCn1c(C)cc(C(=O)CSc2nnc(CN(c3ccc(C)cc3)S(C)(=O)=O)n2C)c1C. The zero-order valence-electron chi connectivity index (χ0n) is 19.3. The molecular formula is C22H29N5O3S2. The van der Waals surface area contributed by atoms with E-state index >= 15 is 0 Å². The maximum Gasteiger partial charge on any atom is 0.232 e. The number of hydrogen-bond donors (Lipinski definition) is 0. The van der Waals surface area contributed by atoms with Gasteiger partial charge < -0.3 is 9.13 Å². The number of hydrogen-bond acceptors (Lipinski definition) is 6. The van der Waals surface area contributed by atoms with Crippen molar-refractivity contribution in [2.75, 3.05) is 16.3 Å². The zero-order chi connectivity index (χ0) is 23.6. The quantitative estimate of drug-likeness (QED) is 0.348. The molecule has 1 aromatic carbocycles. The van der Waals surface area contributed by atoms with Crippen molar-refractivity contribution in [1.29, 1.82) is 0 Å². The Labute approximate surface area is 193 Å². The van der Waals surface area contributed by atoms with Crippen LogP contribution in [0.4, 0.5) is 5.69 Å². The van der Waals surface area contributed by atoms with Gasteiger partial charge in [0.25, 0.3) is 0 Å². The van der Waals surface area contributed by atoms with Gasteiger partial charge >= 0.3 is 0 Å². The molecular weight excluding hydrogens is 446 g/mol. The number of carbonyl (C=O) groups is 1. The third-order valence-electron chi connectivity index (χ3n) is 5.46. The van der Waals surface area contributed by atoms with Crippen LogP contribution in [0.15, 0.2) is 35.5 Å². The van der Waals surface area contributed by atoms with E-state index in [9.17, 15) is 13.2 Å². The summed E-state index contributed by atoms with van der Waals surface area (Å²) < 4.78 is 30.0. The number of ketones is 1. The number of sulfonamides is 1. The molecule has 0 bridgehead atoms. The van der Waals surface area contributed by atoms with E-state index in [1.165, 1.54) is 22.3 Å². The van der Waals surface area contributed by atoms with Crippen LogP contribution in [0.1, 0.15) is 40.1 Å². The minimum atomic E-state index is -3.52. The van der Waals surface area contributed by atoms with E-state index in [0.717, 1.165) is 29.1 Å². The molecule has 3 aromatic rings. The number of thioether (sulfide) groups is 1. The van der Waals surface area contributed by atoms with Crippen molar-refractivity contribution in [2.24, 2.45) is 7.05 Å². The molecule has 0 N–H and O–H groups in total. The normalized spacial score (nSPS) is 11.7. The number of Topliss-reactive ketones (excluding diaryl/α,β-unsaturated/α-hetero) is 1. The predicted octanol–water partition coefficient (Wildman–Crippen LogP) is 3.50. The Kier molecular flexibility index (Phi) is 7.14. The largest absolute Gasteiger partial charge is 0.349 e. The van der Waals surface area contributed by atoms with Crippen molar-refractivity contribution < 1.29 is 13.2 Å². The van der Waals surface area contributed by atoms with E-state index in [0.29, 0.717) is 16.7 Å². The lowest BCUT2D eigenvalue weighted by Crippen LogP contribution is -2.30. The van der Waals surface area contributed by atoms with Gasteiger partial charge in [-0.3, -0.25) is 9.10 Å². The van der Waals surface area contributed by atoms with Gasteiger partial charge in [0.2, 0.25) is 10.0 Å². The molecule has 10 heteroatoms. The second kappa shape index (κ2) is 9.50. The first-order valence-corrected chi connectivity index (χ1v) is 13.1. The molecule has 8 nitrogen and oxygen atoms in total. The highest BCUT2D eigenvalue weighted by Crippen LogP contribution is 2.24. The van der Waals surface area contributed by atoms with Crippen molar-refractivity contribution in [3.63, 3.8) is 0 Å². The fourth-order valence-corrected chi connectivity index (χ4v) is 5.29.